The summed E-state index contributed by atoms with van der Waals surface area (Å²) in [6.07, 6.45) is -0.510. The topological polar surface area (TPSA) is 79.4 Å². The molecule has 0 bridgehead atoms. The van der Waals surface area contributed by atoms with Crippen LogP contribution in [-0.4, -0.2) is 29.0 Å². The lowest BCUT2D eigenvalue weighted by molar-refractivity contribution is -0.135. The number of ether oxygens (including phenoxy) is 1. The van der Waals surface area contributed by atoms with Crippen molar-refractivity contribution in [1.82, 2.24) is 4.98 Å². The van der Waals surface area contributed by atoms with E-state index >= 15 is 0 Å². The Bertz CT molecular complexity index is 585. The number of carbonyl (C=O) groups excluding carboxylic acids is 1. The van der Waals surface area contributed by atoms with Gasteiger partial charge in [0.05, 0.1) is 12.8 Å². The number of methoxy groups -OCH3 is 1. The Hall–Kier alpha value is -2.30. The van der Waals surface area contributed by atoms with E-state index in [1.54, 1.807) is 31.4 Å². The third kappa shape index (κ3) is 2.28. The molecule has 5 heteroatoms. The zero-order chi connectivity index (χ0) is 12.4. The Labute approximate surface area is 97.0 Å². The lowest BCUT2D eigenvalue weighted by atomic mass is 10.2. The second kappa shape index (κ2) is 4.29. The smallest absolute Gasteiger partial charge is 0.311 e. The van der Waals surface area contributed by atoms with E-state index in [2.05, 4.69) is 4.98 Å². The quantitative estimate of drug-likeness (QED) is 0.623. The molecule has 0 aliphatic rings. The molecule has 0 fully saturated rings. The first-order valence-electron chi connectivity index (χ1n) is 5.02. The van der Waals surface area contributed by atoms with E-state index in [0.29, 0.717) is 11.4 Å². The number of H-pyrrole nitrogens is 1. The van der Waals surface area contributed by atoms with Gasteiger partial charge < -0.3 is 14.8 Å². The van der Waals surface area contributed by atoms with E-state index in [1.165, 1.54) is 0 Å². The number of aliphatic carboxylic acids is 1. The molecule has 0 radical (unpaired) electrons. The average molecular weight is 233 g/mol. The molecule has 1 aromatic heterocycles. The summed E-state index contributed by atoms with van der Waals surface area (Å²) < 4.78 is 5.06. The molecule has 0 saturated heterocycles. The van der Waals surface area contributed by atoms with Crippen LogP contribution in [0.5, 0.6) is 5.75 Å². The largest absolute Gasteiger partial charge is 0.497 e. The number of fused-ring (bicyclic) bond motifs is 1. The lowest BCUT2D eigenvalue weighted by Crippen LogP contribution is -2.06. The number of rotatable bonds is 4. The van der Waals surface area contributed by atoms with Gasteiger partial charge in [-0.05, 0) is 24.3 Å². The summed E-state index contributed by atoms with van der Waals surface area (Å²) in [5, 5.41) is 9.37. The molecule has 1 heterocycles. The van der Waals surface area contributed by atoms with Gasteiger partial charge in [-0.1, -0.05) is 0 Å². The highest BCUT2D eigenvalue weighted by atomic mass is 16.5. The molecule has 88 valence electrons. The third-order valence-electron chi connectivity index (χ3n) is 2.44. The van der Waals surface area contributed by atoms with Gasteiger partial charge in [0.15, 0.2) is 5.78 Å². The van der Waals surface area contributed by atoms with Crippen LogP contribution in [-0.2, 0) is 4.79 Å². The van der Waals surface area contributed by atoms with Crippen LogP contribution in [0.2, 0.25) is 0 Å². The number of aromatic amines is 1. The molecule has 1 aromatic carbocycles. The van der Waals surface area contributed by atoms with Crippen LogP contribution in [0.1, 0.15) is 16.9 Å². The maximum Gasteiger partial charge on any atom is 0.311 e. The van der Waals surface area contributed by atoms with Crippen LogP contribution in [0, 0.1) is 0 Å². The summed E-state index contributed by atoms with van der Waals surface area (Å²) in [7, 11) is 1.56. The van der Waals surface area contributed by atoms with E-state index in [0.717, 1.165) is 10.9 Å². The number of Topliss-reactive ketones (excluding diaryl/α,β-unsaturated/α-hetero) is 1. The summed E-state index contributed by atoms with van der Waals surface area (Å²) in [5.41, 5.74) is 1.08. The molecule has 0 aliphatic heterocycles. The first-order chi connectivity index (χ1) is 8.10. The van der Waals surface area contributed by atoms with E-state index in [1.807, 2.05) is 0 Å². The number of aromatic nitrogens is 1. The van der Waals surface area contributed by atoms with Crippen molar-refractivity contribution in [3.8, 4) is 5.75 Å². The summed E-state index contributed by atoms with van der Waals surface area (Å²) >= 11 is 0. The van der Waals surface area contributed by atoms with Gasteiger partial charge >= 0.3 is 5.97 Å². The maximum atomic E-state index is 11.5. The highest BCUT2D eigenvalue weighted by Crippen LogP contribution is 2.21. The number of carbonyl (C=O) groups is 2. The van der Waals surface area contributed by atoms with Gasteiger partial charge in [-0.3, -0.25) is 9.59 Å². The van der Waals surface area contributed by atoms with Gasteiger partial charge in [0.1, 0.15) is 12.2 Å². The van der Waals surface area contributed by atoms with Gasteiger partial charge in [-0.2, -0.15) is 0 Å². The molecule has 5 nitrogen and oxygen atoms in total. The van der Waals surface area contributed by atoms with Gasteiger partial charge in [-0.15, -0.1) is 0 Å². The van der Waals surface area contributed by atoms with Crippen molar-refractivity contribution in [3.05, 3.63) is 30.0 Å². The fourth-order valence-electron chi connectivity index (χ4n) is 1.62. The molecule has 0 spiro atoms. The van der Waals surface area contributed by atoms with Crippen molar-refractivity contribution in [2.75, 3.05) is 7.11 Å². The molecule has 0 unspecified atom stereocenters. The number of benzene rings is 1. The highest BCUT2D eigenvalue weighted by molar-refractivity contribution is 6.06. The SMILES string of the molecule is COc1ccc2[nH]c(C(=O)CC(=O)O)cc2c1. The highest BCUT2D eigenvalue weighted by Gasteiger charge is 2.13. The molecule has 2 N–H and O–H groups in total. The molecule has 0 atom stereocenters. The third-order valence-corrected chi connectivity index (χ3v) is 2.44. The van der Waals surface area contributed by atoms with Crippen molar-refractivity contribution in [1.29, 1.82) is 0 Å². The molecular formula is C12H11NO4. The number of hydrogen-bond acceptors (Lipinski definition) is 3. The van der Waals surface area contributed by atoms with Crippen molar-refractivity contribution in [2.45, 2.75) is 6.42 Å². The number of nitrogens with one attached hydrogen (secondary N) is 1. The van der Waals surface area contributed by atoms with Crippen molar-refractivity contribution < 1.29 is 19.4 Å². The number of ketones is 1. The van der Waals surface area contributed by atoms with Gasteiger partial charge in [0, 0.05) is 10.9 Å². The van der Waals surface area contributed by atoms with Crippen LogP contribution < -0.4 is 4.74 Å². The summed E-state index contributed by atoms with van der Waals surface area (Å²) in [6, 6.07) is 6.96. The Kier molecular flexibility index (Phi) is 2.82. The van der Waals surface area contributed by atoms with Crippen LogP contribution in [0.3, 0.4) is 0 Å². The second-order valence-corrected chi connectivity index (χ2v) is 3.63. The van der Waals surface area contributed by atoms with Gasteiger partial charge in [0.2, 0.25) is 0 Å². The summed E-state index contributed by atoms with van der Waals surface area (Å²) in [6.45, 7) is 0. The number of hydrogen-bond donors (Lipinski definition) is 2. The Balaban J connectivity index is 2.37. The van der Waals surface area contributed by atoms with Crippen LogP contribution >= 0.6 is 0 Å². The normalized spacial score (nSPS) is 10.4. The van der Waals surface area contributed by atoms with Crippen molar-refractivity contribution in [3.63, 3.8) is 0 Å². The van der Waals surface area contributed by atoms with Gasteiger partial charge in [0.25, 0.3) is 0 Å². The van der Waals surface area contributed by atoms with E-state index in [4.69, 9.17) is 9.84 Å². The monoisotopic (exact) mass is 233 g/mol. The van der Waals surface area contributed by atoms with Crippen LogP contribution in [0.4, 0.5) is 0 Å². The predicted molar refractivity (Wildman–Crippen MR) is 61.4 cm³/mol. The minimum absolute atomic E-state index is 0.302. The molecule has 0 amide bonds. The Morgan fingerprint density at radius 2 is 2.12 bits per heavy atom. The average Bonchev–Trinajstić information content (AvgIpc) is 2.70. The van der Waals surface area contributed by atoms with E-state index in [9.17, 15) is 9.59 Å². The molecule has 0 aliphatic carbocycles. The second-order valence-electron chi connectivity index (χ2n) is 3.63. The fourth-order valence-corrected chi connectivity index (χ4v) is 1.62. The fraction of sp³-hybridized carbons (Fsp3) is 0.167. The van der Waals surface area contributed by atoms with Crippen LogP contribution in [0.25, 0.3) is 10.9 Å². The maximum absolute atomic E-state index is 11.5. The summed E-state index contributed by atoms with van der Waals surface area (Å²) in [5.74, 6) is -0.882. The molecule has 0 saturated carbocycles. The minimum atomic E-state index is -1.13. The van der Waals surface area contributed by atoms with Crippen LogP contribution in [0.15, 0.2) is 24.3 Å². The molecule has 17 heavy (non-hydrogen) atoms. The zero-order valence-electron chi connectivity index (χ0n) is 9.19. The lowest BCUT2D eigenvalue weighted by Gasteiger charge is -1.97. The number of carboxylic acids is 1. The first kappa shape index (κ1) is 11.2. The molecule has 2 aromatic rings. The Morgan fingerprint density at radius 1 is 1.35 bits per heavy atom. The van der Waals surface area contributed by atoms with E-state index < -0.39 is 18.2 Å². The Morgan fingerprint density at radius 3 is 2.76 bits per heavy atom. The van der Waals surface area contributed by atoms with Crippen molar-refractivity contribution >= 4 is 22.7 Å². The summed E-state index contributed by atoms with van der Waals surface area (Å²) in [4.78, 5) is 24.9. The van der Waals surface area contributed by atoms with E-state index in [-0.39, 0.29) is 0 Å². The minimum Gasteiger partial charge on any atom is -0.497 e. The zero-order valence-corrected chi connectivity index (χ0v) is 9.19. The van der Waals surface area contributed by atoms with Gasteiger partial charge in [-0.25, -0.2) is 0 Å². The molecular weight excluding hydrogens is 222 g/mol. The number of carboxylic acid groups (broad SMARTS) is 1. The predicted octanol–water partition coefficient (Wildman–Crippen LogP) is 1.83. The van der Waals surface area contributed by atoms with Crippen molar-refractivity contribution in [2.24, 2.45) is 0 Å². The molecule has 2 rings (SSSR count). The first-order valence-corrected chi connectivity index (χ1v) is 5.02. The standard InChI is InChI=1S/C12H11NO4/c1-17-8-2-3-9-7(4-8)5-10(13-9)11(14)6-12(15)16/h2-5,13H,6H2,1H3,(H,15,16).